The highest BCUT2D eigenvalue weighted by molar-refractivity contribution is 6.00. The van der Waals surface area contributed by atoms with Crippen LogP contribution in [0.1, 0.15) is 5.56 Å². The Kier molecular flexibility index (Phi) is 6.07. The van der Waals surface area contributed by atoms with Crippen LogP contribution in [0.4, 0.5) is 16.2 Å². The summed E-state index contributed by atoms with van der Waals surface area (Å²) in [6.07, 6.45) is 1.63. The number of urea groups is 1. The Morgan fingerprint density at radius 1 is 0.844 bits per heavy atom. The predicted molar refractivity (Wildman–Crippen MR) is 124 cm³/mol. The lowest BCUT2D eigenvalue weighted by molar-refractivity contribution is 0.262. The van der Waals surface area contributed by atoms with Gasteiger partial charge in [-0.1, -0.05) is 35.9 Å². The van der Waals surface area contributed by atoms with Crippen LogP contribution in [0.2, 0.25) is 0 Å². The number of nitrogens with zero attached hydrogens (tertiary/aromatic N) is 1. The monoisotopic (exact) mass is 429 g/mol. The number of hydrogen-bond donors (Lipinski definition) is 2. The fraction of sp³-hybridized carbons (Fsp3) is 0.120. The Bertz CT molecular complexity index is 1210. The molecule has 32 heavy (non-hydrogen) atoms. The first-order chi connectivity index (χ1) is 15.5. The highest BCUT2D eigenvalue weighted by Crippen LogP contribution is 2.28. The van der Waals surface area contributed by atoms with Gasteiger partial charge < -0.3 is 24.5 Å². The lowest BCUT2D eigenvalue weighted by Gasteiger charge is -2.11. The maximum Gasteiger partial charge on any atom is 0.323 e. The van der Waals surface area contributed by atoms with Crippen LogP contribution in [-0.4, -0.2) is 25.2 Å². The Morgan fingerprint density at radius 2 is 1.53 bits per heavy atom. The van der Waals surface area contributed by atoms with Crippen molar-refractivity contribution in [3.8, 4) is 34.2 Å². The van der Waals surface area contributed by atoms with Crippen molar-refractivity contribution in [3.63, 3.8) is 0 Å². The van der Waals surface area contributed by atoms with E-state index in [-0.39, 0.29) is 0 Å². The standard InChI is InChI=1S/C25H23N3O4/c1-16-7-9-17(10-8-16)23-15-32-24(28-23)18-5-4-6-19(11-18)26-25(29)27-20-12-21(30-2)14-22(13-20)31-3/h4-15H,1-3H3,(H2,26,27,29). The predicted octanol–water partition coefficient (Wildman–Crippen LogP) is 5.98. The largest absolute Gasteiger partial charge is 0.497 e. The van der Waals surface area contributed by atoms with Gasteiger partial charge in [-0.25, -0.2) is 9.78 Å². The molecule has 1 aromatic heterocycles. The molecular formula is C25H23N3O4. The van der Waals surface area contributed by atoms with E-state index in [1.54, 1.807) is 50.8 Å². The van der Waals surface area contributed by atoms with E-state index in [1.165, 1.54) is 5.56 Å². The van der Waals surface area contributed by atoms with Gasteiger partial charge >= 0.3 is 6.03 Å². The fourth-order valence-corrected chi connectivity index (χ4v) is 3.17. The molecule has 3 aromatic carbocycles. The van der Waals surface area contributed by atoms with Gasteiger partial charge in [0.05, 0.1) is 14.2 Å². The molecule has 4 rings (SSSR count). The van der Waals surface area contributed by atoms with Gasteiger partial charge in [0.25, 0.3) is 0 Å². The lowest BCUT2D eigenvalue weighted by atomic mass is 10.1. The Labute approximate surface area is 186 Å². The van der Waals surface area contributed by atoms with Gasteiger partial charge in [0.15, 0.2) is 0 Å². The zero-order valence-electron chi connectivity index (χ0n) is 18.0. The number of benzene rings is 3. The molecule has 2 N–H and O–H groups in total. The summed E-state index contributed by atoms with van der Waals surface area (Å²) in [5.41, 5.74) is 4.82. The molecule has 162 valence electrons. The molecule has 0 saturated carbocycles. The minimum Gasteiger partial charge on any atom is -0.497 e. The van der Waals surface area contributed by atoms with E-state index < -0.39 is 6.03 Å². The minimum atomic E-state index is -0.398. The van der Waals surface area contributed by atoms with Crippen LogP contribution in [0, 0.1) is 6.92 Å². The molecule has 0 saturated heterocycles. The summed E-state index contributed by atoms with van der Waals surface area (Å²) in [5, 5.41) is 5.60. The molecule has 0 fully saturated rings. The molecule has 0 aliphatic heterocycles. The first-order valence-electron chi connectivity index (χ1n) is 9.98. The summed E-state index contributed by atoms with van der Waals surface area (Å²) in [6.45, 7) is 2.04. The second-order valence-corrected chi connectivity index (χ2v) is 7.17. The van der Waals surface area contributed by atoms with E-state index in [1.807, 2.05) is 43.3 Å². The summed E-state index contributed by atoms with van der Waals surface area (Å²) < 4.78 is 16.1. The number of amides is 2. The van der Waals surface area contributed by atoms with Gasteiger partial charge in [0, 0.05) is 40.7 Å². The number of oxazole rings is 1. The Balaban J connectivity index is 1.48. The third kappa shape index (κ3) is 4.89. The number of aromatic nitrogens is 1. The molecular weight excluding hydrogens is 406 g/mol. The zero-order chi connectivity index (χ0) is 22.5. The number of aryl methyl sites for hydroxylation is 1. The van der Waals surface area contributed by atoms with Crippen LogP contribution in [0.15, 0.2) is 77.4 Å². The maximum absolute atomic E-state index is 12.5. The van der Waals surface area contributed by atoms with Crippen molar-refractivity contribution in [2.75, 3.05) is 24.9 Å². The van der Waals surface area contributed by atoms with E-state index in [0.717, 1.165) is 16.8 Å². The number of methoxy groups -OCH3 is 2. The van der Waals surface area contributed by atoms with Gasteiger partial charge in [0.1, 0.15) is 23.5 Å². The van der Waals surface area contributed by atoms with Crippen LogP contribution in [0.3, 0.4) is 0 Å². The van der Waals surface area contributed by atoms with Gasteiger partial charge in [-0.2, -0.15) is 0 Å². The topological polar surface area (TPSA) is 85.6 Å². The molecule has 0 aliphatic rings. The molecule has 0 bridgehead atoms. The SMILES string of the molecule is COc1cc(NC(=O)Nc2cccc(-c3nc(-c4ccc(C)cc4)co3)c2)cc(OC)c1. The van der Waals surface area contributed by atoms with Crippen molar-refractivity contribution >= 4 is 17.4 Å². The van der Waals surface area contributed by atoms with E-state index in [4.69, 9.17) is 13.9 Å². The van der Waals surface area contributed by atoms with Crippen molar-refractivity contribution in [2.45, 2.75) is 6.92 Å². The maximum atomic E-state index is 12.5. The highest BCUT2D eigenvalue weighted by atomic mass is 16.5. The van der Waals surface area contributed by atoms with Crippen molar-refractivity contribution in [1.82, 2.24) is 4.98 Å². The van der Waals surface area contributed by atoms with Gasteiger partial charge in [0.2, 0.25) is 5.89 Å². The first-order valence-corrected chi connectivity index (χ1v) is 9.98. The number of rotatable bonds is 6. The first kappa shape index (κ1) is 21.0. The minimum absolute atomic E-state index is 0.398. The van der Waals surface area contributed by atoms with Crippen molar-refractivity contribution in [2.24, 2.45) is 0 Å². The molecule has 0 unspecified atom stereocenters. The average molecular weight is 429 g/mol. The summed E-state index contributed by atoms with van der Waals surface area (Å²) in [4.78, 5) is 17.1. The number of anilines is 2. The van der Waals surface area contributed by atoms with Crippen LogP contribution >= 0.6 is 0 Å². The molecule has 0 atom stereocenters. The van der Waals surface area contributed by atoms with Crippen molar-refractivity contribution in [1.29, 1.82) is 0 Å². The molecule has 1 heterocycles. The molecule has 4 aromatic rings. The number of ether oxygens (including phenoxy) is 2. The van der Waals surface area contributed by atoms with Crippen molar-refractivity contribution in [3.05, 3.63) is 78.6 Å². The summed E-state index contributed by atoms with van der Waals surface area (Å²) >= 11 is 0. The average Bonchev–Trinajstić information content (AvgIpc) is 3.29. The van der Waals surface area contributed by atoms with Crippen LogP contribution in [0.25, 0.3) is 22.7 Å². The number of carbonyl (C=O) groups excluding carboxylic acids is 1. The van der Waals surface area contributed by atoms with Gasteiger partial charge in [-0.15, -0.1) is 0 Å². The number of carbonyl (C=O) groups is 1. The van der Waals surface area contributed by atoms with Gasteiger partial charge in [-0.3, -0.25) is 0 Å². The molecule has 2 amide bonds. The van der Waals surface area contributed by atoms with Crippen LogP contribution in [-0.2, 0) is 0 Å². The summed E-state index contributed by atoms with van der Waals surface area (Å²) in [7, 11) is 3.11. The molecule has 7 nitrogen and oxygen atoms in total. The molecule has 7 heteroatoms. The third-order valence-corrected chi connectivity index (χ3v) is 4.83. The number of hydrogen-bond acceptors (Lipinski definition) is 5. The molecule has 0 aliphatic carbocycles. The van der Waals surface area contributed by atoms with Crippen molar-refractivity contribution < 1.29 is 18.7 Å². The Morgan fingerprint density at radius 3 is 2.22 bits per heavy atom. The Hall–Kier alpha value is -4.26. The second-order valence-electron chi connectivity index (χ2n) is 7.17. The second kappa shape index (κ2) is 9.26. The molecule has 0 spiro atoms. The normalized spacial score (nSPS) is 10.5. The zero-order valence-corrected chi connectivity index (χ0v) is 18.0. The van der Waals surface area contributed by atoms with Crippen LogP contribution in [0.5, 0.6) is 11.5 Å². The van der Waals surface area contributed by atoms with Gasteiger partial charge in [-0.05, 0) is 25.1 Å². The highest BCUT2D eigenvalue weighted by Gasteiger charge is 2.11. The molecule has 0 radical (unpaired) electrons. The van der Waals surface area contributed by atoms with E-state index in [0.29, 0.717) is 28.8 Å². The third-order valence-electron chi connectivity index (χ3n) is 4.83. The van der Waals surface area contributed by atoms with E-state index in [9.17, 15) is 4.79 Å². The quantitative estimate of drug-likeness (QED) is 0.394. The lowest BCUT2D eigenvalue weighted by Crippen LogP contribution is -2.19. The smallest absolute Gasteiger partial charge is 0.323 e. The number of nitrogens with one attached hydrogen (secondary N) is 2. The van der Waals surface area contributed by atoms with E-state index >= 15 is 0 Å². The fourth-order valence-electron chi connectivity index (χ4n) is 3.17. The van der Waals surface area contributed by atoms with Crippen LogP contribution < -0.4 is 20.1 Å². The van der Waals surface area contributed by atoms with E-state index in [2.05, 4.69) is 15.6 Å². The summed E-state index contributed by atoms with van der Waals surface area (Å²) in [5.74, 6) is 1.63. The summed E-state index contributed by atoms with van der Waals surface area (Å²) in [6, 6.07) is 20.1.